The van der Waals surface area contributed by atoms with Crippen molar-refractivity contribution < 1.29 is 24.1 Å². The van der Waals surface area contributed by atoms with E-state index < -0.39 is 28.3 Å². The van der Waals surface area contributed by atoms with E-state index >= 15 is 0 Å². The van der Waals surface area contributed by atoms with Crippen molar-refractivity contribution in [2.45, 2.75) is 118 Å². The molecular formula is C42H62N6O5. The summed E-state index contributed by atoms with van der Waals surface area (Å²) in [5.74, 6) is 0.845. The van der Waals surface area contributed by atoms with Crippen LogP contribution in [0.3, 0.4) is 0 Å². The van der Waals surface area contributed by atoms with Gasteiger partial charge in [0.1, 0.15) is 18.3 Å². The summed E-state index contributed by atoms with van der Waals surface area (Å²) >= 11 is 0. The van der Waals surface area contributed by atoms with Crippen LogP contribution in [0.15, 0.2) is 36.6 Å². The molecule has 2 aromatic heterocycles. The molecule has 0 spiro atoms. The van der Waals surface area contributed by atoms with Gasteiger partial charge in [0.05, 0.1) is 37.9 Å². The number of rotatable bonds is 8. The van der Waals surface area contributed by atoms with Gasteiger partial charge < -0.3 is 25.1 Å². The number of carbonyl (C=O) groups is 1. The van der Waals surface area contributed by atoms with Crippen LogP contribution in [0.1, 0.15) is 106 Å². The Morgan fingerprint density at radius 3 is 2.49 bits per heavy atom. The third-order valence-electron chi connectivity index (χ3n) is 16.7. The van der Waals surface area contributed by atoms with E-state index in [4.69, 9.17) is 30.0 Å². The second-order valence-corrected chi connectivity index (χ2v) is 19.5. The third-order valence-corrected chi connectivity index (χ3v) is 16.7. The first-order valence-electron chi connectivity index (χ1n) is 20.3. The molecule has 2 aliphatic heterocycles. The van der Waals surface area contributed by atoms with Gasteiger partial charge in [0.2, 0.25) is 0 Å². The Balaban J connectivity index is 1.28. The number of ether oxygens (including phenoxy) is 3. The van der Waals surface area contributed by atoms with Gasteiger partial charge in [0, 0.05) is 30.4 Å². The quantitative estimate of drug-likeness (QED) is 0.279. The molecule has 2 bridgehead atoms. The van der Waals surface area contributed by atoms with Crippen LogP contribution in [0, 0.1) is 56.7 Å². The van der Waals surface area contributed by atoms with Crippen molar-refractivity contribution in [1.29, 1.82) is 0 Å². The maximum Gasteiger partial charge on any atom is 0.307 e. The minimum atomic E-state index is -0.641. The van der Waals surface area contributed by atoms with E-state index in [-0.39, 0.29) is 40.2 Å². The Morgan fingerprint density at radius 2 is 1.79 bits per heavy atom. The molecule has 4 heterocycles. The Morgan fingerprint density at radius 1 is 1.02 bits per heavy atom. The van der Waals surface area contributed by atoms with Gasteiger partial charge in [-0.15, -0.1) is 0 Å². The number of hydrogen-bond acceptors (Lipinski definition) is 9. The first kappa shape index (κ1) is 37.2. The molecule has 5 fully saturated rings. The molecule has 3 N–H and O–H groups in total. The summed E-state index contributed by atoms with van der Waals surface area (Å²) in [6.07, 6.45) is 14.2. The highest BCUT2D eigenvalue weighted by Crippen LogP contribution is 2.75. The number of aromatic nitrogens is 5. The molecule has 0 radical (unpaired) electrons. The van der Waals surface area contributed by atoms with E-state index in [1.165, 1.54) is 5.57 Å². The fraction of sp³-hybridized carbons (Fsp3) is 0.786. The molecule has 8 rings (SSSR count). The Bertz CT molecular complexity index is 1730. The monoisotopic (exact) mass is 730 g/mol. The lowest BCUT2D eigenvalue weighted by Gasteiger charge is -2.71. The van der Waals surface area contributed by atoms with Gasteiger partial charge in [-0.1, -0.05) is 60.1 Å². The molecule has 11 atom stereocenters. The molecule has 11 nitrogen and oxygen atoms in total. The van der Waals surface area contributed by atoms with Gasteiger partial charge >= 0.3 is 5.97 Å². The maximum atomic E-state index is 13.6. The predicted molar refractivity (Wildman–Crippen MR) is 200 cm³/mol. The number of nitrogens with two attached hydrogens (primary N) is 1. The summed E-state index contributed by atoms with van der Waals surface area (Å²) in [5.41, 5.74) is 7.27. The number of carboxylic acid groups (broad SMARTS) is 1. The van der Waals surface area contributed by atoms with E-state index in [1.54, 1.807) is 18.9 Å². The first-order chi connectivity index (χ1) is 25.1. The first-order valence-corrected chi connectivity index (χ1v) is 20.3. The largest absolute Gasteiger partial charge is 0.481 e. The van der Waals surface area contributed by atoms with Crippen LogP contribution in [-0.4, -0.2) is 80.5 Å². The molecule has 3 saturated carbocycles. The lowest BCUT2D eigenvalue weighted by atomic mass is 9.34. The average molecular weight is 731 g/mol. The summed E-state index contributed by atoms with van der Waals surface area (Å²) in [5, 5.41) is 16.1. The van der Waals surface area contributed by atoms with Crippen molar-refractivity contribution in [2.24, 2.45) is 62.4 Å². The van der Waals surface area contributed by atoms with Crippen molar-refractivity contribution in [3.63, 3.8) is 0 Å². The SMILES string of the molecule is CC(C)[C@@H](C)[C@@]1(C)CC[C@]2(C)[C@H]3CC[C@@H]4[C@@]5(C)COC[C@@]4(C3=CC[C@@]2(C)[C@@H]1C(=O)O)[C@@H](OCC1(N)CCOCC1)[C@H](n1ncnc1-c1ccncn1)C5. The summed E-state index contributed by atoms with van der Waals surface area (Å²) in [6, 6.07) is 1.74. The number of hydrogen-bond donors (Lipinski definition) is 2. The zero-order valence-corrected chi connectivity index (χ0v) is 33.0. The van der Waals surface area contributed by atoms with Crippen LogP contribution in [-0.2, 0) is 19.0 Å². The second-order valence-electron chi connectivity index (χ2n) is 19.5. The molecule has 2 aromatic rings. The fourth-order valence-electron chi connectivity index (χ4n) is 13.4. The zero-order chi connectivity index (χ0) is 37.6. The van der Waals surface area contributed by atoms with Gasteiger partial charge in [-0.2, -0.15) is 5.10 Å². The number of allylic oxidation sites excluding steroid dienone is 1. The molecule has 0 aromatic carbocycles. The molecule has 53 heavy (non-hydrogen) atoms. The summed E-state index contributed by atoms with van der Waals surface area (Å²) in [6.45, 7) is 19.2. The van der Waals surface area contributed by atoms with Crippen molar-refractivity contribution >= 4 is 5.97 Å². The molecule has 4 aliphatic carbocycles. The van der Waals surface area contributed by atoms with Crippen LogP contribution < -0.4 is 5.73 Å². The molecule has 0 unspecified atom stereocenters. The van der Waals surface area contributed by atoms with Crippen molar-refractivity contribution in [1.82, 2.24) is 24.7 Å². The summed E-state index contributed by atoms with van der Waals surface area (Å²) < 4.78 is 22.0. The Labute approximate surface area is 315 Å². The van der Waals surface area contributed by atoms with E-state index in [0.29, 0.717) is 50.7 Å². The van der Waals surface area contributed by atoms with Crippen molar-refractivity contribution in [3.05, 3.63) is 36.6 Å². The van der Waals surface area contributed by atoms with Gasteiger partial charge in [-0.25, -0.2) is 19.6 Å². The third kappa shape index (κ3) is 5.36. The van der Waals surface area contributed by atoms with Crippen LogP contribution >= 0.6 is 0 Å². The minimum absolute atomic E-state index is 0.133. The fourth-order valence-corrected chi connectivity index (χ4v) is 13.4. The summed E-state index contributed by atoms with van der Waals surface area (Å²) in [4.78, 5) is 27.2. The Kier molecular flexibility index (Phi) is 9.07. The number of fused-ring (bicyclic) bond motifs is 3. The van der Waals surface area contributed by atoms with E-state index in [9.17, 15) is 9.90 Å². The molecule has 0 amide bonds. The highest BCUT2D eigenvalue weighted by atomic mass is 16.5. The predicted octanol–water partition coefficient (Wildman–Crippen LogP) is 6.76. The average Bonchev–Trinajstić information content (AvgIpc) is 3.62. The normalized spacial score (nSPS) is 42.5. The van der Waals surface area contributed by atoms with Crippen LogP contribution in [0.4, 0.5) is 0 Å². The molecule has 290 valence electrons. The van der Waals surface area contributed by atoms with Crippen molar-refractivity contribution in [3.8, 4) is 11.5 Å². The molecule has 11 heteroatoms. The van der Waals surface area contributed by atoms with Gasteiger partial charge in [-0.05, 0) is 103 Å². The van der Waals surface area contributed by atoms with Gasteiger partial charge in [-0.3, -0.25) is 4.79 Å². The highest BCUT2D eigenvalue weighted by molar-refractivity contribution is 5.73. The molecule has 2 saturated heterocycles. The van der Waals surface area contributed by atoms with Crippen LogP contribution in [0.2, 0.25) is 0 Å². The van der Waals surface area contributed by atoms with E-state index in [0.717, 1.165) is 57.1 Å². The minimum Gasteiger partial charge on any atom is -0.481 e. The van der Waals surface area contributed by atoms with Gasteiger partial charge in [0.15, 0.2) is 5.82 Å². The van der Waals surface area contributed by atoms with Gasteiger partial charge in [0.25, 0.3) is 0 Å². The van der Waals surface area contributed by atoms with Crippen LogP contribution in [0.25, 0.3) is 11.5 Å². The lowest BCUT2D eigenvalue weighted by Crippen LogP contribution is -2.70. The zero-order valence-electron chi connectivity index (χ0n) is 33.0. The number of aliphatic carboxylic acids is 1. The molecular weight excluding hydrogens is 668 g/mol. The smallest absolute Gasteiger partial charge is 0.307 e. The lowest BCUT2D eigenvalue weighted by molar-refractivity contribution is -0.254. The maximum absolute atomic E-state index is 13.6. The molecule has 6 aliphatic rings. The Hall–Kier alpha value is -2.73. The van der Waals surface area contributed by atoms with Crippen molar-refractivity contribution in [2.75, 3.05) is 33.0 Å². The van der Waals surface area contributed by atoms with E-state index in [1.807, 2.05) is 6.07 Å². The van der Waals surface area contributed by atoms with E-state index in [2.05, 4.69) is 69.2 Å². The van der Waals surface area contributed by atoms with Crippen LogP contribution in [0.5, 0.6) is 0 Å². The standard InChI is InChI=1S/C42H62N6O5/c1-26(2)27(3)38(5)13-14-39(6)28-8-9-32-37(4)20-31(48-35(46-25-47-48)30-11-17-44-24-45-30)34(53-22-41(43)15-18-51-19-16-41)42(32,23-52-21-37)29(28)10-12-40(39,7)33(38)36(49)50/h10-11,17,24-28,31-34H,8-9,12-16,18-23,43H2,1-7H3,(H,49,50)/t27-,28+,31-,32-,33-,34+,37-,38-,39-,40+,42+/m1/s1. The second kappa shape index (κ2) is 12.9. The highest BCUT2D eigenvalue weighted by Gasteiger charge is 2.73. The summed E-state index contributed by atoms with van der Waals surface area (Å²) in [7, 11) is 0. The topological polar surface area (TPSA) is 148 Å². The number of carboxylic acids is 1. The number of nitrogens with zero attached hydrogens (tertiary/aromatic N) is 5.